The van der Waals surface area contributed by atoms with Gasteiger partial charge in [0, 0.05) is 12.1 Å². The highest BCUT2D eigenvalue weighted by Crippen LogP contribution is 2.24. The van der Waals surface area contributed by atoms with Gasteiger partial charge in [-0.3, -0.25) is 9.52 Å². The van der Waals surface area contributed by atoms with Gasteiger partial charge in [-0.05, 0) is 54.2 Å². The van der Waals surface area contributed by atoms with Crippen LogP contribution in [-0.4, -0.2) is 27.2 Å². The predicted octanol–water partition coefficient (Wildman–Crippen LogP) is 4.46. The molecule has 7 heteroatoms. The van der Waals surface area contributed by atoms with Crippen molar-refractivity contribution >= 4 is 27.3 Å². The van der Waals surface area contributed by atoms with Gasteiger partial charge in [-0.1, -0.05) is 39.0 Å². The number of carbonyl (C=O) groups is 1. The molecule has 2 N–H and O–H groups in total. The Bertz CT molecular complexity index is 946. The van der Waals surface area contributed by atoms with E-state index in [9.17, 15) is 13.2 Å². The summed E-state index contributed by atoms with van der Waals surface area (Å²) in [5, 5.41) is 2.79. The molecule has 1 amide bonds. The van der Waals surface area contributed by atoms with Crippen LogP contribution < -0.4 is 14.8 Å². The molecule has 2 aromatic carbocycles. The Balaban J connectivity index is 1.81. The van der Waals surface area contributed by atoms with Gasteiger partial charge < -0.3 is 10.1 Å². The highest BCUT2D eigenvalue weighted by Gasteiger charge is 2.13. The molecule has 158 valence electrons. The smallest absolute Gasteiger partial charge is 0.229 e. The van der Waals surface area contributed by atoms with Crippen LogP contribution in [0.15, 0.2) is 42.5 Å². The zero-order valence-corrected chi connectivity index (χ0v) is 18.5. The minimum absolute atomic E-state index is 0.100. The van der Waals surface area contributed by atoms with Gasteiger partial charge >= 0.3 is 0 Å². The largest absolute Gasteiger partial charge is 0.494 e. The lowest BCUT2D eigenvalue weighted by molar-refractivity contribution is -0.116. The fourth-order valence-corrected chi connectivity index (χ4v) is 3.33. The van der Waals surface area contributed by atoms with E-state index in [1.54, 1.807) is 25.1 Å². The number of hydrogen-bond acceptors (Lipinski definition) is 4. The molecule has 0 atom stereocenters. The molecule has 0 bridgehead atoms. The minimum atomic E-state index is -3.38. The van der Waals surface area contributed by atoms with Crippen molar-refractivity contribution in [3.8, 4) is 5.75 Å². The topological polar surface area (TPSA) is 84.5 Å². The number of aryl methyl sites for hydroxylation is 1. The highest BCUT2D eigenvalue weighted by atomic mass is 32.2. The number of amides is 1. The van der Waals surface area contributed by atoms with Gasteiger partial charge in [0.1, 0.15) is 5.75 Å². The quantitative estimate of drug-likeness (QED) is 0.620. The van der Waals surface area contributed by atoms with Crippen LogP contribution in [0.5, 0.6) is 5.75 Å². The van der Waals surface area contributed by atoms with E-state index in [1.807, 2.05) is 12.1 Å². The van der Waals surface area contributed by atoms with E-state index < -0.39 is 10.0 Å². The fourth-order valence-electron chi connectivity index (χ4n) is 2.71. The molecule has 0 radical (unpaired) electrons. The van der Waals surface area contributed by atoms with Crippen molar-refractivity contribution in [1.29, 1.82) is 0 Å². The van der Waals surface area contributed by atoms with Crippen LogP contribution in [0, 0.1) is 6.92 Å². The number of hydrogen-bond donors (Lipinski definition) is 2. The molecule has 0 fully saturated rings. The summed E-state index contributed by atoms with van der Waals surface area (Å²) in [7, 11) is -3.38. The second-order valence-corrected chi connectivity index (χ2v) is 9.93. The number of nitrogens with one attached hydrogen (secondary N) is 2. The molecule has 0 saturated heterocycles. The monoisotopic (exact) mass is 418 g/mol. The molecular weight excluding hydrogens is 388 g/mol. The Labute approximate surface area is 173 Å². The standard InChI is InChI=1S/C22H30N2O4S/c1-16-8-11-18(15-20(16)24-29(5,26)27)23-21(25)7-6-14-28-19-12-9-17(10-13-19)22(2,3)4/h8-13,15,24H,6-7,14H2,1-5H3,(H,23,25). The summed E-state index contributed by atoms with van der Waals surface area (Å²) in [6.07, 6.45) is 1.98. The molecule has 0 unspecified atom stereocenters. The lowest BCUT2D eigenvalue weighted by atomic mass is 9.87. The number of carbonyl (C=O) groups excluding carboxylic acids is 1. The van der Waals surface area contributed by atoms with Crippen LogP contribution >= 0.6 is 0 Å². The SMILES string of the molecule is Cc1ccc(NC(=O)CCCOc2ccc(C(C)(C)C)cc2)cc1NS(C)(=O)=O. The second kappa shape index (κ2) is 9.31. The number of sulfonamides is 1. The van der Waals surface area contributed by atoms with Gasteiger partial charge in [-0.25, -0.2) is 8.42 Å². The Morgan fingerprint density at radius 3 is 2.31 bits per heavy atom. The molecule has 0 saturated carbocycles. The number of rotatable bonds is 8. The lowest BCUT2D eigenvalue weighted by Gasteiger charge is -2.19. The molecule has 0 heterocycles. The third kappa shape index (κ3) is 7.77. The van der Waals surface area contributed by atoms with Crippen LogP contribution in [-0.2, 0) is 20.2 Å². The van der Waals surface area contributed by atoms with E-state index in [0.717, 1.165) is 17.6 Å². The van der Waals surface area contributed by atoms with Crippen LogP contribution in [0.2, 0.25) is 0 Å². The zero-order valence-electron chi connectivity index (χ0n) is 17.7. The molecule has 0 aliphatic heterocycles. The van der Waals surface area contributed by atoms with Crippen molar-refractivity contribution in [2.45, 2.75) is 46.0 Å². The second-order valence-electron chi connectivity index (χ2n) is 8.18. The van der Waals surface area contributed by atoms with E-state index >= 15 is 0 Å². The molecule has 2 aromatic rings. The van der Waals surface area contributed by atoms with Crippen molar-refractivity contribution in [2.75, 3.05) is 22.9 Å². The highest BCUT2D eigenvalue weighted by molar-refractivity contribution is 7.92. The zero-order chi connectivity index (χ0) is 21.7. The van der Waals surface area contributed by atoms with Gasteiger partial charge in [0.25, 0.3) is 0 Å². The van der Waals surface area contributed by atoms with Crippen LogP contribution in [0.25, 0.3) is 0 Å². The first-order chi connectivity index (χ1) is 13.4. The number of anilines is 2. The van der Waals surface area contributed by atoms with Gasteiger partial charge in [0.2, 0.25) is 15.9 Å². The Morgan fingerprint density at radius 2 is 1.72 bits per heavy atom. The Morgan fingerprint density at radius 1 is 1.07 bits per heavy atom. The maximum atomic E-state index is 12.2. The van der Waals surface area contributed by atoms with Gasteiger partial charge in [0.15, 0.2) is 0 Å². The van der Waals surface area contributed by atoms with E-state index in [0.29, 0.717) is 30.8 Å². The number of benzene rings is 2. The molecule has 0 aliphatic carbocycles. The van der Waals surface area contributed by atoms with E-state index in [4.69, 9.17) is 4.74 Å². The number of ether oxygens (including phenoxy) is 1. The average molecular weight is 419 g/mol. The third-order valence-corrected chi connectivity index (χ3v) is 4.94. The first kappa shape index (κ1) is 22.7. The van der Waals surface area contributed by atoms with Crippen molar-refractivity contribution in [1.82, 2.24) is 0 Å². The molecule has 0 aliphatic rings. The van der Waals surface area contributed by atoms with Gasteiger partial charge in [0.05, 0.1) is 18.6 Å². The van der Waals surface area contributed by atoms with Gasteiger partial charge in [-0.2, -0.15) is 0 Å². The van der Waals surface area contributed by atoms with E-state index in [1.165, 1.54) is 5.56 Å². The molecule has 0 aromatic heterocycles. The summed E-state index contributed by atoms with van der Waals surface area (Å²) >= 11 is 0. The van der Waals surface area contributed by atoms with E-state index in [-0.39, 0.29) is 11.3 Å². The summed E-state index contributed by atoms with van der Waals surface area (Å²) in [5.41, 5.74) is 3.12. The Kier molecular flexibility index (Phi) is 7.30. The van der Waals surface area contributed by atoms with Crippen LogP contribution in [0.4, 0.5) is 11.4 Å². The van der Waals surface area contributed by atoms with E-state index in [2.05, 4.69) is 42.9 Å². The molecule has 2 rings (SSSR count). The molecule has 0 spiro atoms. The van der Waals surface area contributed by atoms with Gasteiger partial charge in [-0.15, -0.1) is 0 Å². The summed E-state index contributed by atoms with van der Waals surface area (Å²) in [6, 6.07) is 13.1. The van der Waals surface area contributed by atoms with Crippen molar-refractivity contribution < 1.29 is 17.9 Å². The summed E-state index contributed by atoms with van der Waals surface area (Å²) < 4.78 is 31.0. The summed E-state index contributed by atoms with van der Waals surface area (Å²) in [5.74, 6) is 0.638. The third-order valence-electron chi connectivity index (χ3n) is 4.35. The fraction of sp³-hybridized carbons (Fsp3) is 0.409. The molecule has 29 heavy (non-hydrogen) atoms. The average Bonchev–Trinajstić information content (AvgIpc) is 2.60. The van der Waals surface area contributed by atoms with Crippen molar-refractivity contribution in [3.05, 3.63) is 53.6 Å². The first-order valence-corrected chi connectivity index (χ1v) is 11.4. The lowest BCUT2D eigenvalue weighted by Crippen LogP contribution is -2.14. The molecular formula is C22H30N2O4S. The predicted molar refractivity (Wildman–Crippen MR) is 118 cm³/mol. The van der Waals surface area contributed by atoms with Crippen LogP contribution in [0.3, 0.4) is 0 Å². The maximum absolute atomic E-state index is 12.2. The van der Waals surface area contributed by atoms with Crippen molar-refractivity contribution in [2.24, 2.45) is 0 Å². The molecule has 6 nitrogen and oxygen atoms in total. The van der Waals surface area contributed by atoms with Crippen molar-refractivity contribution in [3.63, 3.8) is 0 Å². The maximum Gasteiger partial charge on any atom is 0.229 e. The summed E-state index contributed by atoms with van der Waals surface area (Å²) in [4.78, 5) is 12.2. The summed E-state index contributed by atoms with van der Waals surface area (Å²) in [6.45, 7) is 8.72. The first-order valence-electron chi connectivity index (χ1n) is 9.56. The normalized spacial score (nSPS) is 11.8. The Hall–Kier alpha value is -2.54. The van der Waals surface area contributed by atoms with Crippen LogP contribution in [0.1, 0.15) is 44.7 Å². The minimum Gasteiger partial charge on any atom is -0.494 e.